The number of sulfonamides is 1. The van der Waals surface area contributed by atoms with Gasteiger partial charge in [-0.2, -0.15) is 0 Å². The molecule has 0 radical (unpaired) electrons. The summed E-state index contributed by atoms with van der Waals surface area (Å²) in [6.07, 6.45) is 0. The number of rotatable bonds is 5. The van der Waals surface area contributed by atoms with Crippen LogP contribution in [0.3, 0.4) is 0 Å². The van der Waals surface area contributed by atoms with E-state index in [0.29, 0.717) is 10.8 Å². The van der Waals surface area contributed by atoms with Crippen LogP contribution < -0.4 is 9.88 Å². The number of ether oxygens (including phenoxy) is 1. The Hall–Kier alpha value is -0.780. The standard InChI is InChI=1S/C12H18ClNO3S/c1-9-6-10(13)4-5-11(9)17-7-12(2,3)8-18(14,15)16/h4-6H,7-8H2,1-3H3,(H2,14,15,16). The number of nitrogens with two attached hydrogens (primary N) is 1. The zero-order valence-electron chi connectivity index (χ0n) is 10.7. The minimum absolute atomic E-state index is 0.118. The number of benzene rings is 1. The maximum atomic E-state index is 11.1. The molecule has 102 valence electrons. The zero-order valence-corrected chi connectivity index (χ0v) is 12.3. The molecular weight excluding hydrogens is 274 g/mol. The Kier molecular flexibility index (Phi) is 4.64. The largest absolute Gasteiger partial charge is 0.493 e. The van der Waals surface area contributed by atoms with Gasteiger partial charge in [0.2, 0.25) is 10.0 Å². The van der Waals surface area contributed by atoms with Crippen molar-refractivity contribution in [2.24, 2.45) is 10.6 Å². The first-order chi connectivity index (χ1) is 8.09. The summed E-state index contributed by atoms with van der Waals surface area (Å²) in [5, 5.41) is 5.68. The van der Waals surface area contributed by atoms with E-state index in [2.05, 4.69) is 0 Å². The zero-order chi connectivity index (χ0) is 14.0. The molecule has 0 amide bonds. The second-order valence-corrected chi connectivity index (χ2v) is 7.22. The van der Waals surface area contributed by atoms with Crippen LogP contribution in [0.2, 0.25) is 5.02 Å². The number of primary sulfonamides is 1. The van der Waals surface area contributed by atoms with Crippen molar-refractivity contribution in [1.82, 2.24) is 0 Å². The molecular formula is C12H18ClNO3S. The molecule has 1 rings (SSSR count). The summed E-state index contributed by atoms with van der Waals surface area (Å²) >= 11 is 5.84. The van der Waals surface area contributed by atoms with Crippen LogP contribution >= 0.6 is 11.6 Å². The van der Waals surface area contributed by atoms with Crippen LogP contribution in [0.15, 0.2) is 18.2 Å². The SMILES string of the molecule is Cc1cc(Cl)ccc1OCC(C)(C)CS(N)(=O)=O. The van der Waals surface area contributed by atoms with Gasteiger partial charge in [0.05, 0.1) is 12.4 Å². The van der Waals surface area contributed by atoms with Gasteiger partial charge in [0, 0.05) is 10.4 Å². The summed E-state index contributed by atoms with van der Waals surface area (Å²) < 4.78 is 27.8. The molecule has 4 nitrogen and oxygen atoms in total. The molecule has 0 saturated carbocycles. The van der Waals surface area contributed by atoms with E-state index in [1.165, 1.54) is 0 Å². The van der Waals surface area contributed by atoms with Gasteiger partial charge in [-0.25, -0.2) is 13.6 Å². The number of hydrogen-bond acceptors (Lipinski definition) is 3. The number of aryl methyl sites for hydroxylation is 1. The Bertz CT molecular complexity index is 526. The molecule has 0 bridgehead atoms. The third-order valence-electron chi connectivity index (χ3n) is 2.35. The van der Waals surface area contributed by atoms with Crippen LogP contribution in [-0.4, -0.2) is 20.8 Å². The highest BCUT2D eigenvalue weighted by molar-refractivity contribution is 7.89. The first-order valence-corrected chi connectivity index (χ1v) is 7.58. The van der Waals surface area contributed by atoms with E-state index in [4.69, 9.17) is 21.5 Å². The molecule has 0 aliphatic heterocycles. The molecule has 0 atom stereocenters. The fourth-order valence-corrected chi connectivity index (χ4v) is 3.03. The van der Waals surface area contributed by atoms with Crippen molar-refractivity contribution in [1.29, 1.82) is 0 Å². The lowest BCUT2D eigenvalue weighted by Crippen LogP contribution is -2.33. The normalized spacial score (nSPS) is 12.5. The summed E-state index contributed by atoms with van der Waals surface area (Å²) in [7, 11) is -3.50. The quantitative estimate of drug-likeness (QED) is 0.905. The van der Waals surface area contributed by atoms with Crippen molar-refractivity contribution in [2.45, 2.75) is 20.8 Å². The summed E-state index contributed by atoms with van der Waals surface area (Å²) in [5.74, 6) is 0.578. The third kappa shape index (κ3) is 5.25. The predicted octanol–water partition coefficient (Wildman–Crippen LogP) is 2.34. The lowest BCUT2D eigenvalue weighted by molar-refractivity contribution is 0.199. The molecule has 0 spiro atoms. The highest BCUT2D eigenvalue weighted by Crippen LogP contribution is 2.25. The number of halogens is 1. The van der Waals surface area contributed by atoms with Crippen molar-refractivity contribution in [3.05, 3.63) is 28.8 Å². The minimum Gasteiger partial charge on any atom is -0.493 e. The molecule has 0 fully saturated rings. The molecule has 0 unspecified atom stereocenters. The van der Waals surface area contributed by atoms with Crippen LogP contribution in [0.5, 0.6) is 5.75 Å². The van der Waals surface area contributed by atoms with Gasteiger partial charge in [0.1, 0.15) is 5.75 Å². The van der Waals surface area contributed by atoms with E-state index >= 15 is 0 Å². The van der Waals surface area contributed by atoms with Gasteiger partial charge in [-0.1, -0.05) is 25.4 Å². The van der Waals surface area contributed by atoms with Crippen molar-refractivity contribution >= 4 is 21.6 Å². The van der Waals surface area contributed by atoms with E-state index in [9.17, 15) is 8.42 Å². The summed E-state index contributed by atoms with van der Waals surface area (Å²) in [4.78, 5) is 0. The Morgan fingerprint density at radius 2 is 2.00 bits per heavy atom. The van der Waals surface area contributed by atoms with Crippen molar-refractivity contribution in [3.63, 3.8) is 0 Å². The third-order valence-corrected chi connectivity index (χ3v) is 3.77. The van der Waals surface area contributed by atoms with Crippen molar-refractivity contribution in [2.75, 3.05) is 12.4 Å². The molecule has 0 saturated heterocycles. The Morgan fingerprint density at radius 3 is 2.50 bits per heavy atom. The van der Waals surface area contributed by atoms with Crippen molar-refractivity contribution < 1.29 is 13.2 Å². The topological polar surface area (TPSA) is 69.4 Å². The van der Waals surface area contributed by atoms with Crippen LogP contribution in [-0.2, 0) is 10.0 Å². The van der Waals surface area contributed by atoms with Gasteiger partial charge in [-0.3, -0.25) is 0 Å². The Labute approximate surface area is 113 Å². The van der Waals surface area contributed by atoms with Crippen LogP contribution in [0.4, 0.5) is 0 Å². The Balaban J connectivity index is 2.70. The van der Waals surface area contributed by atoms with E-state index in [1.807, 2.05) is 6.92 Å². The van der Waals surface area contributed by atoms with E-state index in [-0.39, 0.29) is 12.4 Å². The molecule has 1 aromatic rings. The van der Waals surface area contributed by atoms with Gasteiger partial charge < -0.3 is 4.74 Å². The number of hydrogen-bond donors (Lipinski definition) is 1. The van der Waals surface area contributed by atoms with E-state index in [1.54, 1.807) is 32.0 Å². The van der Waals surface area contributed by atoms with Crippen LogP contribution in [0.1, 0.15) is 19.4 Å². The molecule has 0 aromatic heterocycles. The predicted molar refractivity (Wildman–Crippen MR) is 73.4 cm³/mol. The summed E-state index contributed by atoms with van der Waals surface area (Å²) in [5.41, 5.74) is 0.369. The maximum Gasteiger partial charge on any atom is 0.209 e. The van der Waals surface area contributed by atoms with Gasteiger partial charge in [-0.15, -0.1) is 0 Å². The van der Waals surface area contributed by atoms with Crippen LogP contribution in [0, 0.1) is 12.3 Å². The molecule has 1 aromatic carbocycles. The van der Waals surface area contributed by atoms with Gasteiger partial charge in [0.15, 0.2) is 0 Å². The van der Waals surface area contributed by atoms with Crippen LogP contribution in [0.25, 0.3) is 0 Å². The average Bonchev–Trinajstić information content (AvgIpc) is 2.12. The van der Waals surface area contributed by atoms with Gasteiger partial charge in [0.25, 0.3) is 0 Å². The molecule has 0 aliphatic carbocycles. The summed E-state index contributed by atoms with van der Waals surface area (Å²) in [6, 6.07) is 5.30. The molecule has 0 heterocycles. The first kappa shape index (κ1) is 15.3. The fourth-order valence-electron chi connectivity index (χ4n) is 1.63. The smallest absolute Gasteiger partial charge is 0.209 e. The molecule has 6 heteroatoms. The molecule has 0 aliphatic rings. The first-order valence-electron chi connectivity index (χ1n) is 5.48. The highest BCUT2D eigenvalue weighted by Gasteiger charge is 2.25. The Morgan fingerprint density at radius 1 is 1.39 bits per heavy atom. The average molecular weight is 292 g/mol. The highest BCUT2D eigenvalue weighted by atomic mass is 35.5. The lowest BCUT2D eigenvalue weighted by atomic mass is 9.98. The van der Waals surface area contributed by atoms with E-state index in [0.717, 1.165) is 5.56 Å². The molecule has 2 N–H and O–H groups in total. The lowest BCUT2D eigenvalue weighted by Gasteiger charge is -2.24. The maximum absolute atomic E-state index is 11.1. The minimum atomic E-state index is -3.50. The van der Waals surface area contributed by atoms with Gasteiger partial charge in [-0.05, 0) is 30.7 Å². The second kappa shape index (κ2) is 5.47. The monoisotopic (exact) mass is 291 g/mol. The fraction of sp³-hybridized carbons (Fsp3) is 0.500. The molecule has 18 heavy (non-hydrogen) atoms. The van der Waals surface area contributed by atoms with Gasteiger partial charge >= 0.3 is 0 Å². The van der Waals surface area contributed by atoms with Crippen molar-refractivity contribution in [3.8, 4) is 5.75 Å². The summed E-state index contributed by atoms with van der Waals surface area (Å²) in [6.45, 7) is 5.74. The second-order valence-electron chi connectivity index (χ2n) is 5.17. The van der Waals surface area contributed by atoms with E-state index < -0.39 is 15.4 Å².